The van der Waals surface area contributed by atoms with Crippen LogP contribution in [0.3, 0.4) is 0 Å². The molecule has 1 aliphatic carbocycles. The van der Waals surface area contributed by atoms with Crippen LogP contribution in [-0.4, -0.2) is 25.2 Å². The highest BCUT2D eigenvalue weighted by Gasteiger charge is 2.44. The molecule has 1 rings (SSSR count). The maximum Gasteiger partial charge on any atom is 0.334 e. The van der Waals surface area contributed by atoms with Crippen molar-refractivity contribution >= 4 is 11.9 Å². The summed E-state index contributed by atoms with van der Waals surface area (Å²) in [7, 11) is 0. The summed E-state index contributed by atoms with van der Waals surface area (Å²) in [5.74, 6) is -1.08. The minimum Gasteiger partial charge on any atom is -0.465 e. The quantitative estimate of drug-likeness (QED) is 0.311. The molecule has 0 aliphatic heterocycles. The second-order valence-electron chi connectivity index (χ2n) is 6.24. The van der Waals surface area contributed by atoms with Gasteiger partial charge in [-0.25, -0.2) is 4.79 Å². The van der Waals surface area contributed by atoms with Crippen LogP contribution in [0.1, 0.15) is 64.7 Å². The van der Waals surface area contributed by atoms with Crippen LogP contribution in [0.5, 0.6) is 0 Å². The largest absolute Gasteiger partial charge is 0.465 e. The fraction of sp³-hybridized carbons (Fsp3) is 0.722. The molecule has 23 heavy (non-hydrogen) atoms. The molecule has 1 aliphatic rings. The highest BCUT2D eigenvalue weighted by Crippen LogP contribution is 2.45. The molecule has 0 heterocycles. The summed E-state index contributed by atoms with van der Waals surface area (Å²) in [6.07, 6.45) is 8.07. The number of carbonyl (C=O) groups excluding carboxylic acids is 2. The van der Waals surface area contributed by atoms with Crippen LogP contribution in [0, 0.1) is 16.7 Å². The lowest BCUT2D eigenvalue weighted by atomic mass is 10.1. The van der Waals surface area contributed by atoms with E-state index in [1.807, 2.05) is 0 Å². The number of carbonyl (C=O) groups is 2. The molecule has 0 aromatic heterocycles. The van der Waals surface area contributed by atoms with Crippen LogP contribution in [0.25, 0.3) is 0 Å². The molecule has 0 bridgehead atoms. The average molecular weight is 321 g/mol. The van der Waals surface area contributed by atoms with Crippen molar-refractivity contribution in [1.29, 1.82) is 5.26 Å². The molecule has 0 atom stereocenters. The van der Waals surface area contributed by atoms with Gasteiger partial charge in [-0.15, -0.1) is 0 Å². The third kappa shape index (κ3) is 7.83. The molecule has 1 fully saturated rings. The molecule has 0 unspecified atom stereocenters. The lowest BCUT2D eigenvalue weighted by Gasteiger charge is -2.09. The zero-order valence-corrected chi connectivity index (χ0v) is 14.1. The van der Waals surface area contributed by atoms with Gasteiger partial charge in [-0.1, -0.05) is 45.6 Å². The van der Waals surface area contributed by atoms with E-state index >= 15 is 0 Å². The fourth-order valence-corrected chi connectivity index (χ4v) is 2.11. The Kier molecular flexibility index (Phi) is 8.39. The van der Waals surface area contributed by atoms with Crippen molar-refractivity contribution in [2.45, 2.75) is 64.7 Å². The third-order valence-electron chi connectivity index (χ3n) is 3.98. The van der Waals surface area contributed by atoms with Gasteiger partial charge in [0, 0.05) is 5.57 Å². The predicted octanol–water partition coefficient (Wildman–Crippen LogP) is 3.68. The minimum absolute atomic E-state index is 0.0756. The van der Waals surface area contributed by atoms with Gasteiger partial charge in [0.15, 0.2) is 0 Å². The number of unbranched alkanes of at least 4 members (excludes halogenated alkanes) is 5. The number of nitriles is 1. The molecule has 0 radical (unpaired) electrons. The first-order valence-corrected chi connectivity index (χ1v) is 8.45. The van der Waals surface area contributed by atoms with Gasteiger partial charge in [-0.2, -0.15) is 5.26 Å². The SMILES string of the molecule is C=C(CC(=O)OCCCCCCCC)C(=O)OCC1(C#N)CC1. The summed E-state index contributed by atoms with van der Waals surface area (Å²) >= 11 is 0. The zero-order valence-electron chi connectivity index (χ0n) is 14.1. The normalized spacial score (nSPS) is 14.6. The Bertz CT molecular complexity index is 460. The Morgan fingerprint density at radius 3 is 2.39 bits per heavy atom. The fourth-order valence-electron chi connectivity index (χ4n) is 2.11. The molecular weight excluding hydrogens is 294 g/mol. The topological polar surface area (TPSA) is 76.4 Å². The predicted molar refractivity (Wildman–Crippen MR) is 86.3 cm³/mol. The van der Waals surface area contributed by atoms with E-state index in [1.54, 1.807) is 0 Å². The summed E-state index contributed by atoms with van der Waals surface area (Å²) in [5.41, 5.74) is -0.430. The Morgan fingerprint density at radius 1 is 1.13 bits per heavy atom. The highest BCUT2D eigenvalue weighted by atomic mass is 16.5. The minimum atomic E-state index is -0.622. The Morgan fingerprint density at radius 2 is 1.78 bits per heavy atom. The van der Waals surface area contributed by atoms with Crippen molar-refractivity contribution in [3.8, 4) is 6.07 Å². The maximum atomic E-state index is 11.7. The monoisotopic (exact) mass is 321 g/mol. The van der Waals surface area contributed by atoms with Crippen molar-refractivity contribution in [3.63, 3.8) is 0 Å². The second kappa shape index (κ2) is 10.0. The molecular formula is C18H27NO4. The van der Waals surface area contributed by atoms with Crippen LogP contribution in [-0.2, 0) is 19.1 Å². The Hall–Kier alpha value is -1.83. The van der Waals surface area contributed by atoms with Crippen molar-refractivity contribution in [2.75, 3.05) is 13.2 Å². The van der Waals surface area contributed by atoms with Gasteiger partial charge < -0.3 is 9.47 Å². The number of rotatable bonds is 12. The van der Waals surface area contributed by atoms with Gasteiger partial charge in [0.1, 0.15) is 6.61 Å². The smallest absolute Gasteiger partial charge is 0.334 e. The van der Waals surface area contributed by atoms with Crippen LogP contribution in [0.2, 0.25) is 0 Å². The van der Waals surface area contributed by atoms with E-state index in [2.05, 4.69) is 19.6 Å². The lowest BCUT2D eigenvalue weighted by molar-refractivity contribution is -0.146. The molecule has 0 N–H and O–H groups in total. The molecule has 0 aromatic carbocycles. The van der Waals surface area contributed by atoms with E-state index in [0.29, 0.717) is 6.61 Å². The van der Waals surface area contributed by atoms with Crippen LogP contribution in [0.4, 0.5) is 0 Å². The van der Waals surface area contributed by atoms with Gasteiger partial charge in [-0.3, -0.25) is 4.79 Å². The lowest BCUT2D eigenvalue weighted by Crippen LogP contribution is -2.17. The number of esters is 2. The first-order chi connectivity index (χ1) is 11.0. The van der Waals surface area contributed by atoms with Gasteiger partial charge in [0.25, 0.3) is 0 Å². The van der Waals surface area contributed by atoms with Gasteiger partial charge in [-0.05, 0) is 19.3 Å². The average Bonchev–Trinajstić information content (AvgIpc) is 3.32. The molecule has 0 saturated heterocycles. The van der Waals surface area contributed by atoms with Crippen molar-refractivity contribution in [2.24, 2.45) is 5.41 Å². The molecule has 128 valence electrons. The van der Waals surface area contributed by atoms with Crippen LogP contribution in [0.15, 0.2) is 12.2 Å². The molecule has 0 amide bonds. The van der Waals surface area contributed by atoms with Crippen molar-refractivity contribution in [1.82, 2.24) is 0 Å². The summed E-state index contributed by atoms with van der Waals surface area (Å²) in [5, 5.41) is 8.90. The second-order valence-corrected chi connectivity index (χ2v) is 6.24. The maximum absolute atomic E-state index is 11.7. The van der Waals surface area contributed by atoms with Gasteiger partial charge >= 0.3 is 11.9 Å². The Labute approximate surface area is 138 Å². The molecule has 0 spiro atoms. The standard InChI is InChI=1S/C18H27NO4/c1-3-4-5-6-7-8-11-22-16(20)12-15(2)17(21)23-14-18(13-19)9-10-18/h2-12,14H2,1H3. The first kappa shape index (κ1) is 19.2. The molecule has 1 saturated carbocycles. The summed E-state index contributed by atoms with van der Waals surface area (Å²) in [6, 6.07) is 2.14. The number of ether oxygens (including phenoxy) is 2. The van der Waals surface area contributed by atoms with E-state index in [4.69, 9.17) is 14.7 Å². The zero-order chi connectivity index (χ0) is 17.1. The van der Waals surface area contributed by atoms with Gasteiger partial charge in [0.05, 0.1) is 24.5 Å². The molecule has 0 aromatic rings. The van der Waals surface area contributed by atoms with Crippen molar-refractivity contribution < 1.29 is 19.1 Å². The van der Waals surface area contributed by atoms with E-state index in [-0.39, 0.29) is 18.6 Å². The van der Waals surface area contributed by atoms with E-state index < -0.39 is 17.4 Å². The number of nitrogens with zero attached hydrogens (tertiary/aromatic N) is 1. The molecule has 5 nitrogen and oxygen atoms in total. The molecule has 5 heteroatoms. The third-order valence-corrected chi connectivity index (χ3v) is 3.98. The first-order valence-electron chi connectivity index (χ1n) is 8.45. The highest BCUT2D eigenvalue weighted by molar-refractivity contribution is 5.93. The number of hydrogen-bond acceptors (Lipinski definition) is 5. The van der Waals surface area contributed by atoms with Crippen LogP contribution < -0.4 is 0 Å². The summed E-state index contributed by atoms with van der Waals surface area (Å²) < 4.78 is 10.1. The number of hydrogen-bond donors (Lipinski definition) is 0. The Balaban J connectivity index is 2.07. The van der Waals surface area contributed by atoms with E-state index in [1.165, 1.54) is 19.3 Å². The van der Waals surface area contributed by atoms with E-state index in [0.717, 1.165) is 32.1 Å². The van der Waals surface area contributed by atoms with E-state index in [9.17, 15) is 9.59 Å². The van der Waals surface area contributed by atoms with Crippen LogP contribution >= 0.6 is 0 Å². The summed E-state index contributed by atoms with van der Waals surface area (Å²) in [4.78, 5) is 23.3. The summed E-state index contributed by atoms with van der Waals surface area (Å²) in [6.45, 7) is 6.19. The van der Waals surface area contributed by atoms with Crippen molar-refractivity contribution in [3.05, 3.63) is 12.2 Å². The van der Waals surface area contributed by atoms with Gasteiger partial charge in [0.2, 0.25) is 0 Å².